The second-order valence-corrected chi connectivity index (χ2v) is 5.70. The number of hydrogen-bond acceptors (Lipinski definition) is 4. The molecule has 0 spiro atoms. The number of fused-ring (bicyclic) bond motifs is 1. The maximum atomic E-state index is 12.4. The van der Waals surface area contributed by atoms with Gasteiger partial charge in [-0.1, -0.05) is 11.6 Å². The van der Waals surface area contributed by atoms with E-state index < -0.39 is 0 Å². The zero-order chi connectivity index (χ0) is 14.8. The highest BCUT2D eigenvalue weighted by atomic mass is 16.3. The van der Waals surface area contributed by atoms with Crippen molar-refractivity contribution in [3.05, 3.63) is 23.8 Å². The molecule has 0 unspecified atom stereocenters. The average Bonchev–Trinajstić information content (AvgIpc) is 3.07. The SMILES string of the molecule is Cn1nnc2cc(C(=O)N[C@@H]3CCC[C@H]3CCO)ccc21. The van der Waals surface area contributed by atoms with Gasteiger partial charge in [0.05, 0.1) is 5.52 Å². The number of aryl methyl sites for hydroxylation is 1. The first kappa shape index (κ1) is 14.0. The molecule has 112 valence electrons. The van der Waals surface area contributed by atoms with Gasteiger partial charge in [-0.3, -0.25) is 4.79 Å². The Hall–Kier alpha value is -1.95. The summed E-state index contributed by atoms with van der Waals surface area (Å²) in [6.45, 7) is 0.183. The van der Waals surface area contributed by atoms with Crippen molar-refractivity contribution in [2.24, 2.45) is 13.0 Å². The van der Waals surface area contributed by atoms with Crippen LogP contribution in [0.3, 0.4) is 0 Å². The standard InChI is InChI=1S/C15H20N4O2/c1-19-14-6-5-11(9-13(14)17-18-19)15(21)16-12-4-2-3-10(12)7-8-20/h5-6,9-10,12,20H,2-4,7-8H2,1H3,(H,16,21)/t10-,12+/m0/s1. The molecular formula is C15H20N4O2. The van der Waals surface area contributed by atoms with E-state index in [9.17, 15) is 4.79 Å². The smallest absolute Gasteiger partial charge is 0.251 e. The van der Waals surface area contributed by atoms with Crippen LogP contribution in [-0.4, -0.2) is 38.7 Å². The van der Waals surface area contributed by atoms with E-state index >= 15 is 0 Å². The fraction of sp³-hybridized carbons (Fsp3) is 0.533. The van der Waals surface area contributed by atoms with Crippen LogP contribution in [0.15, 0.2) is 18.2 Å². The van der Waals surface area contributed by atoms with Crippen molar-refractivity contribution < 1.29 is 9.90 Å². The molecule has 0 aliphatic heterocycles. The van der Waals surface area contributed by atoms with Gasteiger partial charge < -0.3 is 10.4 Å². The van der Waals surface area contributed by atoms with Crippen LogP contribution in [0.2, 0.25) is 0 Å². The molecule has 1 fully saturated rings. The Morgan fingerprint density at radius 1 is 1.48 bits per heavy atom. The van der Waals surface area contributed by atoms with E-state index in [2.05, 4.69) is 15.6 Å². The number of carbonyl (C=O) groups excluding carboxylic acids is 1. The Kier molecular flexibility index (Phi) is 3.88. The lowest BCUT2D eigenvalue weighted by Gasteiger charge is -2.20. The maximum absolute atomic E-state index is 12.4. The lowest BCUT2D eigenvalue weighted by Crippen LogP contribution is -2.37. The Morgan fingerprint density at radius 2 is 2.33 bits per heavy atom. The fourth-order valence-electron chi connectivity index (χ4n) is 3.17. The Balaban J connectivity index is 1.74. The lowest BCUT2D eigenvalue weighted by atomic mass is 9.99. The zero-order valence-electron chi connectivity index (χ0n) is 12.1. The number of nitrogens with zero attached hydrogens (tertiary/aromatic N) is 3. The van der Waals surface area contributed by atoms with E-state index in [1.54, 1.807) is 16.8 Å². The second kappa shape index (κ2) is 5.81. The van der Waals surface area contributed by atoms with Crippen LogP contribution in [0.25, 0.3) is 11.0 Å². The summed E-state index contributed by atoms with van der Waals surface area (Å²) in [6, 6.07) is 5.61. The largest absolute Gasteiger partial charge is 0.396 e. The number of aliphatic hydroxyl groups is 1. The van der Waals surface area contributed by atoms with Gasteiger partial charge in [-0.15, -0.1) is 5.10 Å². The normalized spacial score (nSPS) is 21.8. The fourth-order valence-corrected chi connectivity index (χ4v) is 3.17. The van der Waals surface area contributed by atoms with Gasteiger partial charge in [0, 0.05) is 25.3 Å². The molecule has 6 nitrogen and oxygen atoms in total. The molecule has 21 heavy (non-hydrogen) atoms. The van der Waals surface area contributed by atoms with Gasteiger partial charge in [-0.05, 0) is 43.4 Å². The van der Waals surface area contributed by atoms with Gasteiger partial charge in [0.25, 0.3) is 5.91 Å². The van der Waals surface area contributed by atoms with Crippen LogP contribution in [0.4, 0.5) is 0 Å². The third-order valence-electron chi connectivity index (χ3n) is 4.35. The molecule has 1 aromatic carbocycles. The van der Waals surface area contributed by atoms with Crippen LogP contribution in [0, 0.1) is 5.92 Å². The highest BCUT2D eigenvalue weighted by Crippen LogP contribution is 2.28. The Morgan fingerprint density at radius 3 is 3.14 bits per heavy atom. The van der Waals surface area contributed by atoms with Crippen molar-refractivity contribution in [1.29, 1.82) is 0 Å². The molecule has 1 amide bonds. The first-order valence-corrected chi connectivity index (χ1v) is 7.40. The van der Waals surface area contributed by atoms with E-state index in [0.717, 1.165) is 36.7 Å². The molecule has 1 aliphatic rings. The predicted molar refractivity (Wildman–Crippen MR) is 78.8 cm³/mol. The van der Waals surface area contributed by atoms with Crippen molar-refractivity contribution in [2.45, 2.75) is 31.7 Å². The van der Waals surface area contributed by atoms with E-state index in [-0.39, 0.29) is 18.6 Å². The molecule has 2 atom stereocenters. The summed E-state index contributed by atoms with van der Waals surface area (Å²) in [5.74, 6) is 0.316. The quantitative estimate of drug-likeness (QED) is 0.887. The number of carbonyl (C=O) groups is 1. The maximum Gasteiger partial charge on any atom is 0.251 e. The van der Waals surface area contributed by atoms with E-state index in [4.69, 9.17) is 5.11 Å². The second-order valence-electron chi connectivity index (χ2n) is 5.70. The summed E-state index contributed by atoms with van der Waals surface area (Å²) in [5.41, 5.74) is 2.24. The van der Waals surface area contributed by atoms with Gasteiger partial charge >= 0.3 is 0 Å². The molecule has 1 heterocycles. The van der Waals surface area contributed by atoms with Crippen molar-refractivity contribution in [1.82, 2.24) is 20.3 Å². The van der Waals surface area contributed by atoms with Gasteiger partial charge in [0.15, 0.2) is 0 Å². The van der Waals surface area contributed by atoms with Crippen molar-refractivity contribution in [2.75, 3.05) is 6.61 Å². The van der Waals surface area contributed by atoms with E-state index in [1.165, 1.54) is 0 Å². The number of rotatable bonds is 4. The molecule has 1 aliphatic carbocycles. The van der Waals surface area contributed by atoms with Gasteiger partial charge in [-0.2, -0.15) is 0 Å². The molecule has 0 saturated heterocycles. The molecule has 3 rings (SSSR count). The van der Waals surface area contributed by atoms with Crippen molar-refractivity contribution in [3.8, 4) is 0 Å². The van der Waals surface area contributed by atoms with Crippen LogP contribution >= 0.6 is 0 Å². The molecule has 1 aromatic heterocycles. The average molecular weight is 288 g/mol. The summed E-state index contributed by atoms with van der Waals surface area (Å²) >= 11 is 0. The molecular weight excluding hydrogens is 268 g/mol. The van der Waals surface area contributed by atoms with Crippen LogP contribution in [0.5, 0.6) is 0 Å². The first-order valence-electron chi connectivity index (χ1n) is 7.40. The van der Waals surface area contributed by atoms with Crippen LogP contribution in [-0.2, 0) is 7.05 Å². The number of nitrogens with one attached hydrogen (secondary N) is 1. The number of hydrogen-bond donors (Lipinski definition) is 2. The lowest BCUT2D eigenvalue weighted by molar-refractivity contribution is 0.0923. The summed E-state index contributed by atoms with van der Waals surface area (Å²) in [5, 5.41) is 20.2. The molecule has 1 saturated carbocycles. The van der Waals surface area contributed by atoms with Gasteiger partial charge in [-0.25, -0.2) is 4.68 Å². The van der Waals surface area contributed by atoms with Gasteiger partial charge in [0.1, 0.15) is 5.52 Å². The zero-order valence-corrected chi connectivity index (χ0v) is 12.1. The molecule has 2 aromatic rings. The van der Waals surface area contributed by atoms with Crippen LogP contribution in [0.1, 0.15) is 36.0 Å². The molecule has 0 bridgehead atoms. The minimum Gasteiger partial charge on any atom is -0.396 e. The first-order chi connectivity index (χ1) is 10.2. The highest BCUT2D eigenvalue weighted by molar-refractivity contribution is 5.97. The number of aliphatic hydroxyl groups excluding tert-OH is 1. The molecule has 0 radical (unpaired) electrons. The minimum absolute atomic E-state index is 0.0719. The summed E-state index contributed by atoms with van der Waals surface area (Å²) in [7, 11) is 1.83. The summed E-state index contributed by atoms with van der Waals surface area (Å²) in [4.78, 5) is 12.4. The Labute approximate surface area is 123 Å². The highest BCUT2D eigenvalue weighted by Gasteiger charge is 2.28. The predicted octanol–water partition coefficient (Wildman–Crippen LogP) is 1.25. The van der Waals surface area contributed by atoms with E-state index in [0.29, 0.717) is 11.5 Å². The van der Waals surface area contributed by atoms with E-state index in [1.807, 2.05) is 13.1 Å². The Bertz CT molecular complexity index is 652. The monoisotopic (exact) mass is 288 g/mol. The van der Waals surface area contributed by atoms with Crippen molar-refractivity contribution in [3.63, 3.8) is 0 Å². The van der Waals surface area contributed by atoms with Crippen LogP contribution < -0.4 is 5.32 Å². The van der Waals surface area contributed by atoms with Gasteiger partial charge in [0.2, 0.25) is 0 Å². The summed E-state index contributed by atoms with van der Waals surface area (Å²) in [6.07, 6.45) is 3.94. The number of amides is 1. The minimum atomic E-state index is -0.0719. The molecule has 6 heteroatoms. The molecule has 2 N–H and O–H groups in total. The number of benzene rings is 1. The topological polar surface area (TPSA) is 80.0 Å². The van der Waals surface area contributed by atoms with Crippen molar-refractivity contribution >= 4 is 16.9 Å². The third kappa shape index (κ3) is 2.76. The number of aromatic nitrogens is 3. The summed E-state index contributed by atoms with van der Waals surface area (Å²) < 4.78 is 1.69. The third-order valence-corrected chi connectivity index (χ3v) is 4.35.